The molecule has 5 aromatic carbocycles. The van der Waals surface area contributed by atoms with Gasteiger partial charge in [0.05, 0.1) is 38.6 Å². The molecule has 0 bridgehead atoms. The minimum absolute atomic E-state index is 0.0999. The molecule has 0 N–H and O–H groups in total. The quantitative estimate of drug-likeness (QED) is 0.0581. The van der Waals surface area contributed by atoms with E-state index in [1.807, 2.05) is 135 Å². The first-order chi connectivity index (χ1) is 27.5. The van der Waals surface area contributed by atoms with Gasteiger partial charge in [-0.1, -0.05) is 54.6 Å². The maximum absolute atomic E-state index is 13.8. The SMILES string of the molecule is CCN(C(=O)c1ccc(-c2ccc(OCCCCC3CO3)cc2)cc1)c1cccc(N(CC)C(=O)c2ccc(-c3ccc(OCCCCC4CO4)cc3)cc2)c1. The van der Waals surface area contributed by atoms with E-state index in [-0.39, 0.29) is 11.8 Å². The molecule has 2 amide bonds. The van der Waals surface area contributed by atoms with E-state index < -0.39 is 0 Å². The lowest BCUT2D eigenvalue weighted by molar-refractivity contribution is 0.0981. The largest absolute Gasteiger partial charge is 0.494 e. The van der Waals surface area contributed by atoms with E-state index in [0.29, 0.717) is 49.6 Å². The van der Waals surface area contributed by atoms with Crippen LogP contribution < -0.4 is 19.3 Å². The summed E-state index contributed by atoms with van der Waals surface area (Å²) in [5, 5.41) is 0. The molecule has 8 heteroatoms. The number of hydrogen-bond donors (Lipinski definition) is 0. The topological polar surface area (TPSA) is 84.1 Å². The minimum Gasteiger partial charge on any atom is -0.494 e. The van der Waals surface area contributed by atoms with E-state index in [4.69, 9.17) is 18.9 Å². The van der Waals surface area contributed by atoms with E-state index in [1.165, 1.54) is 0 Å². The number of carbonyl (C=O) groups excluding carboxylic acids is 2. The highest BCUT2D eigenvalue weighted by Crippen LogP contribution is 2.29. The van der Waals surface area contributed by atoms with Crippen molar-refractivity contribution in [3.8, 4) is 33.8 Å². The van der Waals surface area contributed by atoms with E-state index in [2.05, 4.69) is 0 Å². The number of benzene rings is 5. The highest BCUT2D eigenvalue weighted by Gasteiger charge is 2.23. The first-order valence-corrected chi connectivity index (χ1v) is 20.1. The number of amides is 2. The Morgan fingerprint density at radius 1 is 0.536 bits per heavy atom. The van der Waals surface area contributed by atoms with Gasteiger partial charge in [-0.25, -0.2) is 0 Å². The third kappa shape index (κ3) is 10.4. The van der Waals surface area contributed by atoms with Gasteiger partial charge >= 0.3 is 0 Å². The zero-order valence-corrected chi connectivity index (χ0v) is 32.5. The van der Waals surface area contributed by atoms with Crippen LogP contribution in [0.4, 0.5) is 11.4 Å². The Labute approximate surface area is 331 Å². The number of unbranched alkanes of at least 4 members (excludes halogenated alkanes) is 2. The lowest BCUT2D eigenvalue weighted by Crippen LogP contribution is -2.32. The van der Waals surface area contributed by atoms with E-state index in [0.717, 1.165) is 96.9 Å². The summed E-state index contributed by atoms with van der Waals surface area (Å²) in [4.78, 5) is 31.2. The molecule has 0 aliphatic carbocycles. The molecule has 0 aromatic heterocycles. The van der Waals surface area contributed by atoms with Crippen LogP contribution in [0.15, 0.2) is 121 Å². The number of carbonyl (C=O) groups is 2. The van der Waals surface area contributed by atoms with Gasteiger partial charge < -0.3 is 28.7 Å². The molecule has 7 rings (SSSR count). The molecule has 2 heterocycles. The Morgan fingerprint density at radius 2 is 0.893 bits per heavy atom. The standard InChI is InChI=1S/C48H52N2O6/c1-3-49(47(51)39-18-14-35(15-19-39)37-22-26-43(27-23-37)53-30-7-5-12-45-33-55-45)41-10-9-11-42(32-41)50(4-2)48(52)40-20-16-36(17-21-40)38-24-28-44(29-25-38)54-31-8-6-13-46-34-56-46/h9-11,14-29,32,45-46H,3-8,12-13,30-31,33-34H2,1-2H3. The molecule has 2 fully saturated rings. The second-order valence-electron chi connectivity index (χ2n) is 14.4. The van der Waals surface area contributed by atoms with Crippen LogP contribution in [-0.2, 0) is 9.47 Å². The Balaban J connectivity index is 0.941. The lowest BCUT2D eigenvalue weighted by atomic mass is 10.0. The van der Waals surface area contributed by atoms with Gasteiger partial charge in [-0.3, -0.25) is 9.59 Å². The van der Waals surface area contributed by atoms with E-state index in [9.17, 15) is 9.59 Å². The maximum atomic E-state index is 13.8. The fourth-order valence-corrected chi connectivity index (χ4v) is 6.92. The van der Waals surface area contributed by atoms with Crippen LogP contribution in [0.1, 0.15) is 73.1 Å². The predicted molar refractivity (Wildman–Crippen MR) is 223 cm³/mol. The summed E-state index contributed by atoms with van der Waals surface area (Å²) in [6, 6.07) is 39.2. The van der Waals surface area contributed by atoms with Gasteiger partial charge in [0.1, 0.15) is 11.5 Å². The summed E-state index contributed by atoms with van der Waals surface area (Å²) in [5.41, 5.74) is 6.82. The number of epoxide rings is 2. The second kappa shape index (κ2) is 18.9. The molecule has 2 unspecified atom stereocenters. The highest BCUT2D eigenvalue weighted by molar-refractivity contribution is 6.08. The molecule has 56 heavy (non-hydrogen) atoms. The normalized spacial score (nSPS) is 15.5. The van der Waals surface area contributed by atoms with Crippen LogP contribution in [0.5, 0.6) is 11.5 Å². The molecule has 2 saturated heterocycles. The van der Waals surface area contributed by atoms with Crippen molar-refractivity contribution in [2.24, 2.45) is 0 Å². The van der Waals surface area contributed by atoms with Gasteiger partial charge in [-0.2, -0.15) is 0 Å². The minimum atomic E-state index is -0.0999. The average Bonchev–Trinajstić information content (AvgIpc) is 4.19. The Kier molecular flexibility index (Phi) is 13.1. The first-order valence-electron chi connectivity index (χ1n) is 20.1. The number of ether oxygens (including phenoxy) is 4. The summed E-state index contributed by atoms with van der Waals surface area (Å²) in [7, 11) is 0. The summed E-state index contributed by atoms with van der Waals surface area (Å²) >= 11 is 0. The summed E-state index contributed by atoms with van der Waals surface area (Å²) in [6.45, 7) is 8.09. The zero-order chi connectivity index (χ0) is 38.7. The number of nitrogens with zero attached hydrogens (tertiary/aromatic N) is 2. The van der Waals surface area contributed by atoms with Gasteiger partial charge in [0.25, 0.3) is 11.8 Å². The van der Waals surface area contributed by atoms with Crippen molar-refractivity contribution >= 4 is 23.2 Å². The molecule has 2 atom stereocenters. The van der Waals surface area contributed by atoms with Crippen molar-refractivity contribution in [3.63, 3.8) is 0 Å². The fourth-order valence-electron chi connectivity index (χ4n) is 6.92. The van der Waals surface area contributed by atoms with Crippen LogP contribution in [0.25, 0.3) is 22.3 Å². The van der Waals surface area contributed by atoms with Gasteiger partial charge in [-0.15, -0.1) is 0 Å². The maximum Gasteiger partial charge on any atom is 0.258 e. The van der Waals surface area contributed by atoms with Gasteiger partial charge in [0.15, 0.2) is 0 Å². The molecule has 0 spiro atoms. The van der Waals surface area contributed by atoms with Crippen LogP contribution >= 0.6 is 0 Å². The van der Waals surface area contributed by atoms with Gasteiger partial charge in [0, 0.05) is 35.6 Å². The third-order valence-corrected chi connectivity index (χ3v) is 10.4. The molecular formula is C48H52N2O6. The second-order valence-corrected chi connectivity index (χ2v) is 14.4. The lowest BCUT2D eigenvalue weighted by Gasteiger charge is -2.25. The number of anilines is 2. The molecule has 5 aromatic rings. The molecular weight excluding hydrogens is 701 g/mol. The fraction of sp³-hybridized carbons (Fsp3) is 0.333. The highest BCUT2D eigenvalue weighted by atomic mass is 16.6. The average molecular weight is 753 g/mol. The smallest absolute Gasteiger partial charge is 0.258 e. The Bertz CT molecular complexity index is 1880. The molecule has 8 nitrogen and oxygen atoms in total. The molecule has 2 aliphatic rings. The van der Waals surface area contributed by atoms with E-state index in [1.54, 1.807) is 9.80 Å². The van der Waals surface area contributed by atoms with Gasteiger partial charge in [-0.05, 0) is 141 Å². The first kappa shape index (κ1) is 38.8. The summed E-state index contributed by atoms with van der Waals surface area (Å²) in [6.07, 6.45) is 7.45. The molecule has 2 aliphatic heterocycles. The number of rotatable bonds is 20. The monoisotopic (exact) mass is 752 g/mol. The van der Waals surface area contributed by atoms with Crippen molar-refractivity contribution < 1.29 is 28.5 Å². The van der Waals surface area contributed by atoms with Crippen molar-refractivity contribution in [1.82, 2.24) is 0 Å². The molecule has 0 radical (unpaired) electrons. The van der Waals surface area contributed by atoms with E-state index >= 15 is 0 Å². The van der Waals surface area contributed by atoms with Gasteiger partial charge in [0.2, 0.25) is 0 Å². The zero-order valence-electron chi connectivity index (χ0n) is 32.5. The summed E-state index contributed by atoms with van der Waals surface area (Å²) in [5.74, 6) is 1.51. The summed E-state index contributed by atoms with van der Waals surface area (Å²) < 4.78 is 22.4. The van der Waals surface area contributed by atoms with Crippen molar-refractivity contribution in [2.45, 2.75) is 64.6 Å². The Morgan fingerprint density at radius 3 is 1.23 bits per heavy atom. The molecule has 0 saturated carbocycles. The van der Waals surface area contributed by atoms with Crippen LogP contribution in [0.2, 0.25) is 0 Å². The van der Waals surface area contributed by atoms with Crippen molar-refractivity contribution in [3.05, 3.63) is 132 Å². The predicted octanol–water partition coefficient (Wildman–Crippen LogP) is 10.2. The number of hydrogen-bond acceptors (Lipinski definition) is 6. The van der Waals surface area contributed by atoms with Crippen LogP contribution in [-0.4, -0.2) is 63.5 Å². The van der Waals surface area contributed by atoms with Crippen LogP contribution in [0, 0.1) is 0 Å². The third-order valence-electron chi connectivity index (χ3n) is 10.4. The van der Waals surface area contributed by atoms with Crippen LogP contribution in [0.3, 0.4) is 0 Å². The molecule has 290 valence electrons. The van der Waals surface area contributed by atoms with Crippen molar-refractivity contribution in [2.75, 3.05) is 49.3 Å². The van der Waals surface area contributed by atoms with Crippen molar-refractivity contribution in [1.29, 1.82) is 0 Å². The Hall–Kier alpha value is -5.44.